The molecule has 0 atom stereocenters. The molecule has 2 aromatic rings. The standard InChI is InChI=1S/C22H23F2N3O4S/c23-19-8-7-18(13-20(19)24)32(30,31)27-11-9-15(10-12-27)22(29)25-16-3-1-14(2-4-16)21(28)26-17-5-6-17/h1-4,7-8,13,15,17H,5-6,9-12H2,(H,25,29)(H,26,28). The minimum atomic E-state index is -3.97. The number of amides is 2. The van der Waals surface area contributed by atoms with E-state index in [9.17, 15) is 26.8 Å². The second-order valence-corrected chi connectivity index (χ2v) is 10.0. The average Bonchev–Trinajstić information content (AvgIpc) is 3.60. The van der Waals surface area contributed by atoms with Crippen molar-refractivity contribution >= 4 is 27.5 Å². The van der Waals surface area contributed by atoms with Gasteiger partial charge in [0.1, 0.15) is 0 Å². The molecule has 1 heterocycles. The van der Waals surface area contributed by atoms with Crippen LogP contribution in [-0.2, 0) is 14.8 Å². The largest absolute Gasteiger partial charge is 0.349 e. The molecular weight excluding hydrogens is 440 g/mol. The zero-order valence-electron chi connectivity index (χ0n) is 17.2. The van der Waals surface area contributed by atoms with Gasteiger partial charge in [-0.1, -0.05) is 0 Å². The molecule has 0 radical (unpaired) electrons. The molecule has 170 valence electrons. The summed E-state index contributed by atoms with van der Waals surface area (Å²) >= 11 is 0. The second-order valence-electron chi connectivity index (χ2n) is 8.07. The molecule has 1 saturated heterocycles. The Kier molecular flexibility index (Phi) is 6.25. The molecule has 1 aliphatic carbocycles. The van der Waals surface area contributed by atoms with Gasteiger partial charge in [-0.15, -0.1) is 0 Å². The molecular formula is C22H23F2N3O4S. The molecule has 2 aromatic carbocycles. The molecule has 0 spiro atoms. The number of rotatable bonds is 6. The molecule has 0 unspecified atom stereocenters. The van der Waals surface area contributed by atoms with Crippen molar-refractivity contribution in [2.45, 2.75) is 36.6 Å². The van der Waals surface area contributed by atoms with Gasteiger partial charge in [0.2, 0.25) is 15.9 Å². The Morgan fingerprint density at radius 1 is 0.906 bits per heavy atom. The molecule has 10 heteroatoms. The highest BCUT2D eigenvalue weighted by Crippen LogP contribution is 2.26. The molecule has 2 amide bonds. The maximum Gasteiger partial charge on any atom is 0.251 e. The fourth-order valence-electron chi connectivity index (χ4n) is 3.59. The smallest absolute Gasteiger partial charge is 0.251 e. The summed E-state index contributed by atoms with van der Waals surface area (Å²) in [5.41, 5.74) is 1.07. The van der Waals surface area contributed by atoms with Crippen LogP contribution in [0.15, 0.2) is 47.4 Å². The van der Waals surface area contributed by atoms with Crippen LogP contribution in [0.25, 0.3) is 0 Å². The predicted octanol–water partition coefficient (Wildman–Crippen LogP) is 2.90. The SMILES string of the molecule is O=C(NC1CC1)c1ccc(NC(=O)C2CCN(S(=O)(=O)c3ccc(F)c(F)c3)CC2)cc1. The van der Waals surface area contributed by atoms with Crippen molar-refractivity contribution in [1.29, 1.82) is 0 Å². The monoisotopic (exact) mass is 463 g/mol. The number of carbonyl (C=O) groups is 2. The third kappa shape index (κ3) is 4.97. The number of piperidine rings is 1. The number of halogens is 2. The van der Waals surface area contributed by atoms with Crippen molar-refractivity contribution in [3.05, 3.63) is 59.7 Å². The topological polar surface area (TPSA) is 95.6 Å². The van der Waals surface area contributed by atoms with E-state index in [0.717, 1.165) is 25.0 Å². The van der Waals surface area contributed by atoms with Gasteiger partial charge < -0.3 is 10.6 Å². The van der Waals surface area contributed by atoms with E-state index in [2.05, 4.69) is 10.6 Å². The summed E-state index contributed by atoms with van der Waals surface area (Å²) < 4.78 is 53.1. The number of sulfonamides is 1. The molecule has 32 heavy (non-hydrogen) atoms. The van der Waals surface area contributed by atoms with E-state index < -0.39 is 21.7 Å². The van der Waals surface area contributed by atoms with Crippen LogP contribution >= 0.6 is 0 Å². The Morgan fingerprint density at radius 2 is 1.56 bits per heavy atom. The van der Waals surface area contributed by atoms with Crippen molar-refractivity contribution in [2.75, 3.05) is 18.4 Å². The number of nitrogens with one attached hydrogen (secondary N) is 2. The molecule has 1 saturated carbocycles. The number of benzene rings is 2. The molecule has 1 aliphatic heterocycles. The molecule has 4 rings (SSSR count). The minimum absolute atomic E-state index is 0.0969. The van der Waals surface area contributed by atoms with Gasteiger partial charge in [-0.3, -0.25) is 9.59 Å². The lowest BCUT2D eigenvalue weighted by Crippen LogP contribution is -2.41. The number of hydrogen-bond acceptors (Lipinski definition) is 4. The van der Waals surface area contributed by atoms with Crippen LogP contribution in [0, 0.1) is 17.6 Å². The van der Waals surface area contributed by atoms with E-state index >= 15 is 0 Å². The molecule has 2 aliphatic rings. The Labute approximate surface area is 184 Å². The highest BCUT2D eigenvalue weighted by Gasteiger charge is 2.32. The fraction of sp³-hybridized carbons (Fsp3) is 0.364. The third-order valence-electron chi connectivity index (χ3n) is 5.68. The van der Waals surface area contributed by atoms with E-state index in [1.165, 1.54) is 4.31 Å². The predicted molar refractivity (Wildman–Crippen MR) is 113 cm³/mol. The van der Waals surface area contributed by atoms with Crippen LogP contribution in [0.2, 0.25) is 0 Å². The average molecular weight is 464 g/mol. The van der Waals surface area contributed by atoms with E-state index in [1.807, 2.05) is 0 Å². The number of carbonyl (C=O) groups excluding carboxylic acids is 2. The van der Waals surface area contributed by atoms with Crippen LogP contribution in [0.5, 0.6) is 0 Å². The number of hydrogen-bond donors (Lipinski definition) is 2. The lowest BCUT2D eigenvalue weighted by molar-refractivity contribution is -0.120. The first-order valence-corrected chi connectivity index (χ1v) is 11.8. The van der Waals surface area contributed by atoms with Crippen LogP contribution in [0.1, 0.15) is 36.0 Å². The van der Waals surface area contributed by atoms with Gasteiger partial charge >= 0.3 is 0 Å². The molecule has 2 N–H and O–H groups in total. The van der Waals surface area contributed by atoms with Gasteiger partial charge in [0.25, 0.3) is 5.91 Å². The van der Waals surface area contributed by atoms with Crippen molar-refractivity contribution in [2.24, 2.45) is 5.92 Å². The van der Waals surface area contributed by atoms with Crippen LogP contribution in [0.4, 0.5) is 14.5 Å². The van der Waals surface area contributed by atoms with E-state index in [4.69, 9.17) is 0 Å². The first-order chi connectivity index (χ1) is 15.2. The molecule has 2 fully saturated rings. The zero-order chi connectivity index (χ0) is 22.9. The molecule has 0 bridgehead atoms. The Morgan fingerprint density at radius 3 is 2.16 bits per heavy atom. The van der Waals surface area contributed by atoms with Crippen LogP contribution < -0.4 is 10.6 Å². The highest BCUT2D eigenvalue weighted by molar-refractivity contribution is 7.89. The van der Waals surface area contributed by atoms with Gasteiger partial charge in [0.05, 0.1) is 4.90 Å². The molecule has 7 nitrogen and oxygen atoms in total. The molecule has 0 aromatic heterocycles. The van der Waals surface area contributed by atoms with E-state index in [1.54, 1.807) is 24.3 Å². The van der Waals surface area contributed by atoms with Gasteiger partial charge in [0, 0.05) is 36.3 Å². The summed E-state index contributed by atoms with van der Waals surface area (Å²) in [7, 11) is -3.97. The summed E-state index contributed by atoms with van der Waals surface area (Å²) in [6, 6.07) is 9.33. The normalized spacial score (nSPS) is 17.7. The Hall–Kier alpha value is -2.85. The number of nitrogens with zero attached hydrogens (tertiary/aromatic N) is 1. The zero-order valence-corrected chi connectivity index (χ0v) is 18.0. The Balaban J connectivity index is 1.32. The quantitative estimate of drug-likeness (QED) is 0.689. The summed E-state index contributed by atoms with van der Waals surface area (Å²) in [4.78, 5) is 24.3. The highest BCUT2D eigenvalue weighted by atomic mass is 32.2. The lowest BCUT2D eigenvalue weighted by atomic mass is 9.97. The van der Waals surface area contributed by atoms with Crippen molar-refractivity contribution < 1.29 is 26.8 Å². The van der Waals surface area contributed by atoms with E-state index in [0.29, 0.717) is 30.2 Å². The lowest BCUT2D eigenvalue weighted by Gasteiger charge is -2.30. The van der Waals surface area contributed by atoms with Crippen LogP contribution in [-0.4, -0.2) is 43.7 Å². The summed E-state index contributed by atoms with van der Waals surface area (Å²) in [6.07, 6.45) is 2.61. The second kappa shape index (κ2) is 8.95. The summed E-state index contributed by atoms with van der Waals surface area (Å²) in [5.74, 6) is -3.10. The van der Waals surface area contributed by atoms with Gasteiger partial charge in [-0.2, -0.15) is 4.31 Å². The maximum atomic E-state index is 13.4. The first-order valence-electron chi connectivity index (χ1n) is 10.4. The maximum absolute atomic E-state index is 13.4. The van der Waals surface area contributed by atoms with Crippen LogP contribution in [0.3, 0.4) is 0 Å². The Bertz CT molecular complexity index is 1130. The number of anilines is 1. The van der Waals surface area contributed by atoms with Gasteiger partial charge in [-0.05, 0) is 68.1 Å². The minimum Gasteiger partial charge on any atom is -0.349 e. The summed E-state index contributed by atoms with van der Waals surface area (Å²) in [5, 5.41) is 5.70. The summed E-state index contributed by atoms with van der Waals surface area (Å²) in [6.45, 7) is 0.194. The third-order valence-corrected chi connectivity index (χ3v) is 7.58. The van der Waals surface area contributed by atoms with Crippen molar-refractivity contribution in [1.82, 2.24) is 9.62 Å². The fourth-order valence-corrected chi connectivity index (χ4v) is 5.07. The van der Waals surface area contributed by atoms with Crippen molar-refractivity contribution in [3.8, 4) is 0 Å². The van der Waals surface area contributed by atoms with Gasteiger partial charge in [0.15, 0.2) is 11.6 Å². The van der Waals surface area contributed by atoms with E-state index in [-0.39, 0.29) is 41.8 Å². The first kappa shape index (κ1) is 22.3. The van der Waals surface area contributed by atoms with Gasteiger partial charge in [-0.25, -0.2) is 17.2 Å². The van der Waals surface area contributed by atoms with Crippen molar-refractivity contribution in [3.63, 3.8) is 0 Å².